The van der Waals surface area contributed by atoms with Gasteiger partial charge in [0.1, 0.15) is 6.04 Å². The lowest BCUT2D eigenvalue weighted by Gasteiger charge is -2.15. The molecule has 0 saturated heterocycles. The Bertz CT molecular complexity index is 627. The third kappa shape index (κ3) is 5.92. The fourth-order valence-corrected chi connectivity index (χ4v) is 2.08. The zero-order valence-electron chi connectivity index (χ0n) is 11.8. The van der Waals surface area contributed by atoms with Gasteiger partial charge in [0, 0.05) is 12.1 Å². The van der Waals surface area contributed by atoms with Crippen LogP contribution in [0.3, 0.4) is 0 Å². The maximum atomic E-state index is 12.0. The number of aryl methyl sites for hydroxylation is 1. The van der Waals surface area contributed by atoms with Gasteiger partial charge < -0.3 is 10.4 Å². The molecular weight excluding hydrogens is 296 g/mol. The maximum absolute atomic E-state index is 12.0. The average Bonchev–Trinajstić information content (AvgIpc) is 2.41. The molecule has 0 aliphatic carbocycles. The molecule has 0 saturated carbocycles. The molecule has 0 aliphatic heterocycles. The van der Waals surface area contributed by atoms with Crippen molar-refractivity contribution >= 4 is 21.9 Å². The lowest BCUT2D eigenvalue weighted by Crippen LogP contribution is -2.48. The molecular formula is C13H18N2O5S. The minimum absolute atomic E-state index is 0.333. The van der Waals surface area contributed by atoms with Crippen LogP contribution in [-0.2, 0) is 21.2 Å². The SMILES string of the molecule is CCc1cccc(C(=O)N[C@@H](CNS(C)(=O)=O)C(=O)O)c1. The molecule has 0 radical (unpaired) electrons. The minimum Gasteiger partial charge on any atom is -0.480 e. The van der Waals surface area contributed by atoms with Crippen LogP contribution in [0.15, 0.2) is 24.3 Å². The summed E-state index contributed by atoms with van der Waals surface area (Å²) in [5, 5.41) is 11.3. The van der Waals surface area contributed by atoms with E-state index in [1.807, 2.05) is 13.0 Å². The molecule has 1 rings (SSSR count). The van der Waals surface area contributed by atoms with Crippen LogP contribution in [0.2, 0.25) is 0 Å². The predicted octanol–water partition coefficient (Wildman–Crippen LogP) is -0.0188. The molecule has 0 fully saturated rings. The van der Waals surface area contributed by atoms with Gasteiger partial charge in [-0.3, -0.25) is 4.79 Å². The van der Waals surface area contributed by atoms with Gasteiger partial charge in [-0.25, -0.2) is 17.9 Å². The molecule has 0 spiro atoms. The Hall–Kier alpha value is -1.93. The summed E-state index contributed by atoms with van der Waals surface area (Å²) in [5.41, 5.74) is 1.28. The molecule has 1 atom stereocenters. The van der Waals surface area contributed by atoms with Gasteiger partial charge in [0.15, 0.2) is 0 Å². The highest BCUT2D eigenvalue weighted by molar-refractivity contribution is 7.88. The molecule has 116 valence electrons. The average molecular weight is 314 g/mol. The first-order valence-electron chi connectivity index (χ1n) is 6.30. The maximum Gasteiger partial charge on any atom is 0.327 e. The van der Waals surface area contributed by atoms with Crippen LogP contribution >= 0.6 is 0 Å². The quantitative estimate of drug-likeness (QED) is 0.655. The number of sulfonamides is 1. The molecule has 0 heterocycles. The number of carboxylic acid groups (broad SMARTS) is 1. The number of carboxylic acids is 1. The number of aliphatic carboxylic acids is 1. The third-order valence-corrected chi connectivity index (χ3v) is 3.44. The zero-order valence-corrected chi connectivity index (χ0v) is 12.6. The van der Waals surface area contributed by atoms with Gasteiger partial charge in [0.05, 0.1) is 6.26 Å². The minimum atomic E-state index is -3.53. The Morgan fingerprint density at radius 1 is 1.33 bits per heavy atom. The molecule has 1 aromatic carbocycles. The number of rotatable bonds is 7. The molecule has 0 unspecified atom stereocenters. The summed E-state index contributed by atoms with van der Waals surface area (Å²) >= 11 is 0. The van der Waals surface area contributed by atoms with E-state index < -0.39 is 34.5 Å². The smallest absolute Gasteiger partial charge is 0.327 e. The van der Waals surface area contributed by atoms with Crippen molar-refractivity contribution in [2.75, 3.05) is 12.8 Å². The summed E-state index contributed by atoms with van der Waals surface area (Å²) in [6.07, 6.45) is 1.66. The number of hydrogen-bond donors (Lipinski definition) is 3. The van der Waals surface area contributed by atoms with Crippen molar-refractivity contribution in [1.29, 1.82) is 0 Å². The van der Waals surface area contributed by atoms with E-state index >= 15 is 0 Å². The van der Waals surface area contributed by atoms with Gasteiger partial charge in [0.25, 0.3) is 5.91 Å². The first-order valence-corrected chi connectivity index (χ1v) is 8.19. The van der Waals surface area contributed by atoms with Gasteiger partial charge in [-0.15, -0.1) is 0 Å². The summed E-state index contributed by atoms with van der Waals surface area (Å²) in [7, 11) is -3.53. The van der Waals surface area contributed by atoms with Crippen molar-refractivity contribution in [3.05, 3.63) is 35.4 Å². The van der Waals surface area contributed by atoms with Crippen molar-refractivity contribution in [2.24, 2.45) is 0 Å². The zero-order chi connectivity index (χ0) is 16.0. The molecule has 1 amide bonds. The largest absolute Gasteiger partial charge is 0.480 e. The Kier molecular flexibility index (Phi) is 5.86. The molecule has 7 nitrogen and oxygen atoms in total. The van der Waals surface area contributed by atoms with Gasteiger partial charge >= 0.3 is 5.97 Å². The van der Waals surface area contributed by atoms with E-state index in [1.54, 1.807) is 18.2 Å². The van der Waals surface area contributed by atoms with Gasteiger partial charge in [0.2, 0.25) is 10.0 Å². The van der Waals surface area contributed by atoms with Crippen LogP contribution in [-0.4, -0.2) is 44.2 Å². The van der Waals surface area contributed by atoms with Crippen LogP contribution in [0.1, 0.15) is 22.8 Å². The number of hydrogen-bond acceptors (Lipinski definition) is 4. The van der Waals surface area contributed by atoms with Crippen LogP contribution in [0.5, 0.6) is 0 Å². The van der Waals surface area contributed by atoms with Gasteiger partial charge in [-0.2, -0.15) is 0 Å². The standard InChI is InChI=1S/C13H18N2O5S/c1-3-9-5-4-6-10(7-9)12(16)15-11(13(17)18)8-14-21(2,19)20/h4-7,11,14H,3,8H2,1-2H3,(H,15,16)(H,17,18)/t11-/m0/s1. The molecule has 21 heavy (non-hydrogen) atoms. The fourth-order valence-electron chi connectivity index (χ4n) is 1.61. The lowest BCUT2D eigenvalue weighted by molar-refractivity contribution is -0.139. The molecule has 0 aromatic heterocycles. The third-order valence-electron chi connectivity index (χ3n) is 2.75. The Morgan fingerprint density at radius 3 is 2.52 bits per heavy atom. The van der Waals surface area contributed by atoms with E-state index in [4.69, 9.17) is 5.11 Å². The van der Waals surface area contributed by atoms with Gasteiger partial charge in [-0.05, 0) is 24.1 Å². The highest BCUT2D eigenvalue weighted by Gasteiger charge is 2.21. The summed E-state index contributed by atoms with van der Waals surface area (Å²) in [6, 6.07) is 5.46. The second-order valence-electron chi connectivity index (χ2n) is 4.54. The number of amides is 1. The Labute approximate surface area is 123 Å². The van der Waals surface area contributed by atoms with Crippen LogP contribution in [0.25, 0.3) is 0 Å². The van der Waals surface area contributed by atoms with Crippen LogP contribution < -0.4 is 10.0 Å². The van der Waals surface area contributed by atoms with Crippen LogP contribution in [0.4, 0.5) is 0 Å². The van der Waals surface area contributed by atoms with Crippen molar-refractivity contribution in [2.45, 2.75) is 19.4 Å². The van der Waals surface area contributed by atoms with E-state index in [-0.39, 0.29) is 0 Å². The summed E-state index contributed by atoms with van der Waals surface area (Å²) in [6.45, 7) is 1.53. The number of carbonyl (C=O) groups is 2. The predicted molar refractivity (Wildman–Crippen MR) is 77.6 cm³/mol. The van der Waals surface area contributed by atoms with E-state index in [0.717, 1.165) is 18.2 Å². The van der Waals surface area contributed by atoms with Crippen molar-refractivity contribution in [3.63, 3.8) is 0 Å². The number of carbonyl (C=O) groups excluding carboxylic acids is 1. The lowest BCUT2D eigenvalue weighted by atomic mass is 10.1. The molecule has 1 aromatic rings. The Morgan fingerprint density at radius 2 is 2.00 bits per heavy atom. The number of nitrogens with one attached hydrogen (secondary N) is 2. The van der Waals surface area contributed by atoms with E-state index in [2.05, 4.69) is 10.0 Å². The molecule has 0 bridgehead atoms. The van der Waals surface area contributed by atoms with Gasteiger partial charge in [-0.1, -0.05) is 19.1 Å². The van der Waals surface area contributed by atoms with E-state index in [9.17, 15) is 18.0 Å². The first-order chi connectivity index (χ1) is 9.73. The molecule has 3 N–H and O–H groups in total. The number of benzene rings is 1. The second-order valence-corrected chi connectivity index (χ2v) is 6.37. The Balaban J connectivity index is 2.78. The second kappa shape index (κ2) is 7.19. The monoisotopic (exact) mass is 314 g/mol. The topological polar surface area (TPSA) is 113 Å². The highest BCUT2D eigenvalue weighted by Crippen LogP contribution is 2.06. The molecule has 0 aliphatic rings. The summed E-state index contributed by atoms with van der Waals surface area (Å²) in [4.78, 5) is 23.1. The first kappa shape index (κ1) is 17.1. The van der Waals surface area contributed by atoms with Crippen molar-refractivity contribution in [3.8, 4) is 0 Å². The summed E-state index contributed by atoms with van der Waals surface area (Å²) < 4.78 is 24.0. The van der Waals surface area contributed by atoms with Crippen molar-refractivity contribution < 1.29 is 23.1 Å². The van der Waals surface area contributed by atoms with Crippen molar-refractivity contribution in [1.82, 2.24) is 10.0 Å². The highest BCUT2D eigenvalue weighted by atomic mass is 32.2. The molecule has 8 heteroatoms. The van der Waals surface area contributed by atoms with E-state index in [0.29, 0.717) is 5.56 Å². The fraction of sp³-hybridized carbons (Fsp3) is 0.385. The normalized spacial score (nSPS) is 12.7. The summed E-state index contributed by atoms with van der Waals surface area (Å²) in [5.74, 6) is -1.88. The van der Waals surface area contributed by atoms with Crippen LogP contribution in [0, 0.1) is 0 Å². The van der Waals surface area contributed by atoms with E-state index in [1.165, 1.54) is 0 Å².